The third-order valence-corrected chi connectivity index (χ3v) is 1.35. The number of carbonyl (C=O) groups is 3. The summed E-state index contributed by atoms with van der Waals surface area (Å²) in [6.45, 7) is 5.90. The molecule has 0 atom stereocenters. The van der Waals surface area contributed by atoms with Gasteiger partial charge in [-0.2, -0.15) is 13.2 Å². The van der Waals surface area contributed by atoms with Crippen LogP contribution in [0.15, 0.2) is 18.2 Å². The Labute approximate surface area is 113 Å². The largest absolute Gasteiger partial charge is 0.478 e. The Kier molecular flexibility index (Phi) is 13.5. The number of alkyl halides is 3. The smallest absolute Gasteiger partial charge is 0.386 e. The van der Waals surface area contributed by atoms with Gasteiger partial charge in [-0.25, -0.2) is 9.18 Å². The van der Waals surface area contributed by atoms with Crippen LogP contribution in [0.1, 0.15) is 22.8 Å². The molecule has 20 heavy (non-hydrogen) atoms. The van der Waals surface area contributed by atoms with Crippen molar-refractivity contribution in [1.29, 1.82) is 0 Å². The van der Waals surface area contributed by atoms with E-state index < -0.39 is 18.0 Å². The predicted octanol–water partition coefficient (Wildman–Crippen LogP) is 3.03. The van der Waals surface area contributed by atoms with Crippen molar-refractivity contribution in [2.75, 3.05) is 0 Å². The summed E-state index contributed by atoms with van der Waals surface area (Å²) in [6.07, 6.45) is -4.00. The van der Waals surface area contributed by atoms with Crippen LogP contribution in [-0.2, 0) is 9.59 Å². The molecular weight excluding hydrogens is 284 g/mol. The van der Waals surface area contributed by atoms with E-state index in [4.69, 9.17) is 14.7 Å². The summed E-state index contributed by atoms with van der Waals surface area (Å²) in [5, 5.41) is 8.45. The number of benzene rings is 1. The van der Waals surface area contributed by atoms with Crippen molar-refractivity contribution in [3.05, 3.63) is 35.1 Å². The molecule has 0 bridgehead atoms. The highest BCUT2D eigenvalue weighted by Gasteiger charge is 2.15. The zero-order chi connectivity index (χ0) is 16.9. The molecule has 4 nitrogen and oxygen atoms in total. The molecule has 0 aliphatic rings. The number of aryl methyl sites for hydroxylation is 1. The molecule has 0 aliphatic carbocycles. The van der Waals surface area contributed by atoms with Crippen LogP contribution < -0.4 is 0 Å². The van der Waals surface area contributed by atoms with Crippen LogP contribution in [0.4, 0.5) is 17.6 Å². The van der Waals surface area contributed by atoms with Crippen LogP contribution in [-0.4, -0.2) is 30.8 Å². The first-order valence-electron chi connectivity index (χ1n) is 4.75. The molecule has 0 heterocycles. The highest BCUT2D eigenvalue weighted by atomic mass is 19.4. The molecule has 0 aliphatic heterocycles. The molecule has 0 aromatic heterocycles. The van der Waals surface area contributed by atoms with Gasteiger partial charge in [0.05, 0.1) is 5.56 Å². The fourth-order valence-electron chi connectivity index (χ4n) is 0.803. The van der Waals surface area contributed by atoms with Crippen molar-refractivity contribution in [2.24, 2.45) is 0 Å². The first-order chi connectivity index (χ1) is 9.11. The van der Waals surface area contributed by atoms with E-state index >= 15 is 0 Å². The van der Waals surface area contributed by atoms with E-state index in [-0.39, 0.29) is 12.5 Å². The first kappa shape index (κ1) is 22.9. The number of rotatable bonds is 1. The van der Waals surface area contributed by atoms with E-state index in [0.717, 1.165) is 11.6 Å². The van der Waals surface area contributed by atoms with Gasteiger partial charge in [0, 0.05) is 6.92 Å². The molecule has 0 amide bonds. The normalized spacial score (nSPS) is 8.70. The second-order valence-electron chi connectivity index (χ2n) is 3.07. The summed E-state index contributed by atoms with van der Waals surface area (Å²) in [5.41, 5.74) is 0.466. The van der Waals surface area contributed by atoms with Crippen molar-refractivity contribution in [2.45, 2.75) is 20.0 Å². The quantitative estimate of drug-likeness (QED) is 0.809. The molecule has 0 unspecified atom stereocenters. The van der Waals surface area contributed by atoms with E-state index in [1.54, 1.807) is 6.92 Å². The highest BCUT2D eigenvalue weighted by molar-refractivity contribution is 5.88. The van der Waals surface area contributed by atoms with Gasteiger partial charge in [-0.3, -0.25) is 0 Å². The van der Waals surface area contributed by atoms with E-state index in [0.29, 0.717) is 0 Å². The first-order valence-corrected chi connectivity index (χ1v) is 4.75. The molecule has 1 N–H and O–H groups in total. The number of halogens is 4. The third kappa shape index (κ3) is 15.8. The maximum absolute atomic E-state index is 12.6. The molecule has 0 spiro atoms. The zero-order valence-corrected chi connectivity index (χ0v) is 10.8. The van der Waals surface area contributed by atoms with Crippen LogP contribution in [0.25, 0.3) is 0 Å². The Morgan fingerprint density at radius 3 is 1.75 bits per heavy atom. The molecular formula is C12H14F4O4. The number of carboxylic acids is 1. The molecule has 114 valence electrons. The Bertz CT molecular complexity index is 397. The van der Waals surface area contributed by atoms with Gasteiger partial charge in [0.2, 0.25) is 0 Å². The maximum Gasteiger partial charge on any atom is 0.386 e. The number of aromatic carboxylic acids is 1. The summed E-state index contributed by atoms with van der Waals surface area (Å²) in [6, 6.07) is 3.98. The number of hydrogen-bond acceptors (Lipinski definition) is 3. The molecule has 1 aromatic rings. The van der Waals surface area contributed by atoms with Crippen LogP contribution in [0.2, 0.25) is 0 Å². The molecule has 0 saturated carbocycles. The Hall–Kier alpha value is -2.25. The van der Waals surface area contributed by atoms with Crippen LogP contribution in [0, 0.1) is 12.7 Å². The molecule has 0 saturated heterocycles. The van der Waals surface area contributed by atoms with Crippen molar-refractivity contribution >= 4 is 19.5 Å². The molecule has 0 fully saturated rings. The Morgan fingerprint density at radius 1 is 1.15 bits per heavy atom. The second kappa shape index (κ2) is 11.8. The SMILES string of the molecule is C=O.C=O.CC(F)(F)F.Cc1ccc(F)c(C(=O)O)c1. The molecule has 1 rings (SSSR count). The molecule has 1 aromatic carbocycles. The van der Waals surface area contributed by atoms with Gasteiger partial charge in [-0.15, -0.1) is 0 Å². The number of carboxylic acid groups (broad SMARTS) is 1. The van der Waals surface area contributed by atoms with Gasteiger partial charge in [0.1, 0.15) is 19.4 Å². The minimum absolute atomic E-state index is 0.188. The van der Waals surface area contributed by atoms with Gasteiger partial charge in [-0.1, -0.05) is 11.6 Å². The minimum Gasteiger partial charge on any atom is -0.478 e. The Morgan fingerprint density at radius 2 is 1.50 bits per heavy atom. The van der Waals surface area contributed by atoms with Gasteiger partial charge in [-0.05, 0) is 19.1 Å². The highest BCUT2D eigenvalue weighted by Crippen LogP contribution is 2.10. The van der Waals surface area contributed by atoms with E-state index in [1.807, 2.05) is 13.6 Å². The average molecular weight is 298 g/mol. The van der Waals surface area contributed by atoms with Crippen LogP contribution in [0.5, 0.6) is 0 Å². The number of hydrogen-bond donors (Lipinski definition) is 1. The van der Waals surface area contributed by atoms with E-state index in [1.165, 1.54) is 12.1 Å². The fraction of sp³-hybridized carbons (Fsp3) is 0.250. The number of carbonyl (C=O) groups excluding carboxylic acids is 2. The summed E-state index contributed by atoms with van der Waals surface area (Å²) < 4.78 is 43.7. The van der Waals surface area contributed by atoms with Crippen molar-refractivity contribution in [3.63, 3.8) is 0 Å². The van der Waals surface area contributed by atoms with E-state index in [9.17, 15) is 22.4 Å². The molecule has 8 heteroatoms. The summed E-state index contributed by atoms with van der Waals surface area (Å²) in [4.78, 5) is 26.3. The van der Waals surface area contributed by atoms with Crippen LogP contribution >= 0.6 is 0 Å². The minimum atomic E-state index is -4.00. The van der Waals surface area contributed by atoms with Crippen molar-refractivity contribution in [3.8, 4) is 0 Å². The van der Waals surface area contributed by atoms with Gasteiger partial charge < -0.3 is 14.7 Å². The Balaban J connectivity index is -0.000000272. The maximum atomic E-state index is 12.6. The van der Waals surface area contributed by atoms with Gasteiger partial charge >= 0.3 is 12.1 Å². The third-order valence-electron chi connectivity index (χ3n) is 1.35. The van der Waals surface area contributed by atoms with Gasteiger partial charge in [0.25, 0.3) is 0 Å². The lowest BCUT2D eigenvalue weighted by molar-refractivity contribution is -0.110. The summed E-state index contributed by atoms with van der Waals surface area (Å²) in [7, 11) is 0. The van der Waals surface area contributed by atoms with Crippen LogP contribution in [0.3, 0.4) is 0 Å². The van der Waals surface area contributed by atoms with Gasteiger partial charge in [0.15, 0.2) is 0 Å². The second-order valence-corrected chi connectivity index (χ2v) is 3.07. The van der Waals surface area contributed by atoms with Crippen molar-refractivity contribution in [1.82, 2.24) is 0 Å². The fourth-order valence-corrected chi connectivity index (χ4v) is 0.803. The predicted molar refractivity (Wildman–Crippen MR) is 64.1 cm³/mol. The zero-order valence-electron chi connectivity index (χ0n) is 10.8. The monoisotopic (exact) mass is 298 g/mol. The lowest BCUT2D eigenvalue weighted by atomic mass is 10.1. The topological polar surface area (TPSA) is 71.4 Å². The standard InChI is InChI=1S/C8H7FO2.C2H3F3.2CH2O/c1-5-2-3-7(9)6(4-5)8(10)11;1-2(3,4)5;2*1-2/h2-4H,1H3,(H,10,11);1H3;2*1H2. The summed E-state index contributed by atoms with van der Waals surface area (Å²) >= 11 is 0. The van der Waals surface area contributed by atoms with Crippen molar-refractivity contribution < 1.29 is 37.1 Å². The lowest BCUT2D eigenvalue weighted by Crippen LogP contribution is -2.00. The van der Waals surface area contributed by atoms with E-state index in [2.05, 4.69) is 0 Å². The molecule has 0 radical (unpaired) electrons. The lowest BCUT2D eigenvalue weighted by Gasteiger charge is -1.97. The summed E-state index contributed by atoms with van der Waals surface area (Å²) in [5.74, 6) is -1.92. The average Bonchev–Trinajstić information content (AvgIpc) is 2.35.